The normalized spacial score (nSPS) is 11.0. The van der Waals surface area contributed by atoms with E-state index in [9.17, 15) is 0 Å². The van der Waals surface area contributed by atoms with Crippen LogP contribution in [0, 0.1) is 17.2 Å². The zero-order chi connectivity index (χ0) is 13.7. The fraction of sp³-hybridized carbons (Fsp3) is 0.533. The Morgan fingerprint density at radius 3 is 2.06 bits per heavy atom. The van der Waals surface area contributed by atoms with Crippen molar-refractivity contribution in [2.45, 2.75) is 27.7 Å². The van der Waals surface area contributed by atoms with E-state index in [1.54, 1.807) is 0 Å². The van der Waals surface area contributed by atoms with E-state index in [1.165, 1.54) is 0 Å². The summed E-state index contributed by atoms with van der Waals surface area (Å²) in [6.45, 7) is 10.8. The number of anilines is 1. The van der Waals surface area contributed by atoms with Crippen LogP contribution in [0.3, 0.4) is 0 Å². The highest BCUT2D eigenvalue weighted by Gasteiger charge is 2.14. The summed E-state index contributed by atoms with van der Waals surface area (Å²) in [4.78, 5) is 2.34. The predicted molar refractivity (Wildman–Crippen MR) is 79.3 cm³/mol. The molecule has 0 spiro atoms. The molecular weight excluding hydrogens is 222 g/mol. The molecular formula is C15H25N3. The Hall–Kier alpha value is -1.51. The third kappa shape index (κ3) is 4.06. The third-order valence-corrected chi connectivity index (χ3v) is 2.71. The molecule has 0 saturated carbocycles. The molecule has 0 unspecified atom stereocenters. The van der Waals surface area contributed by atoms with Gasteiger partial charge in [0.1, 0.15) is 5.84 Å². The minimum Gasteiger partial charge on any atom is -0.384 e. The Bertz CT molecular complexity index is 386. The van der Waals surface area contributed by atoms with Gasteiger partial charge in [-0.15, -0.1) is 0 Å². The van der Waals surface area contributed by atoms with Gasteiger partial charge in [0.2, 0.25) is 0 Å². The van der Waals surface area contributed by atoms with Crippen molar-refractivity contribution < 1.29 is 0 Å². The van der Waals surface area contributed by atoms with E-state index in [0.29, 0.717) is 11.8 Å². The van der Waals surface area contributed by atoms with E-state index in [0.717, 1.165) is 24.3 Å². The smallest absolute Gasteiger partial charge is 0.124 e. The maximum atomic E-state index is 7.69. The summed E-state index contributed by atoms with van der Waals surface area (Å²) in [5, 5.41) is 7.69. The van der Waals surface area contributed by atoms with Gasteiger partial charge in [-0.25, -0.2) is 0 Å². The monoisotopic (exact) mass is 247 g/mol. The molecule has 1 aromatic carbocycles. The lowest BCUT2D eigenvalue weighted by molar-refractivity contribution is 0.552. The summed E-state index contributed by atoms with van der Waals surface area (Å²) in [7, 11) is 0. The van der Waals surface area contributed by atoms with Crippen LogP contribution in [-0.4, -0.2) is 18.9 Å². The number of nitrogens with zero attached hydrogens (tertiary/aromatic N) is 1. The van der Waals surface area contributed by atoms with E-state index >= 15 is 0 Å². The topological polar surface area (TPSA) is 53.1 Å². The average molecular weight is 247 g/mol. The number of benzene rings is 1. The lowest BCUT2D eigenvalue weighted by atomic mass is 10.1. The van der Waals surface area contributed by atoms with Gasteiger partial charge in [-0.2, -0.15) is 0 Å². The molecule has 3 nitrogen and oxygen atoms in total. The first-order valence-electron chi connectivity index (χ1n) is 6.60. The number of nitrogens with one attached hydrogen (secondary N) is 1. The second-order valence-corrected chi connectivity index (χ2v) is 5.62. The molecule has 3 heteroatoms. The van der Waals surface area contributed by atoms with Crippen molar-refractivity contribution in [3.05, 3.63) is 29.8 Å². The van der Waals surface area contributed by atoms with E-state index in [1.807, 2.05) is 18.2 Å². The molecule has 0 amide bonds. The van der Waals surface area contributed by atoms with Crippen molar-refractivity contribution in [2.75, 3.05) is 18.0 Å². The number of nitrogens with two attached hydrogens (primary N) is 1. The van der Waals surface area contributed by atoms with Crippen LogP contribution < -0.4 is 10.6 Å². The zero-order valence-corrected chi connectivity index (χ0v) is 11.9. The summed E-state index contributed by atoms with van der Waals surface area (Å²) in [6, 6.07) is 7.92. The molecule has 0 heterocycles. The van der Waals surface area contributed by atoms with Gasteiger partial charge >= 0.3 is 0 Å². The summed E-state index contributed by atoms with van der Waals surface area (Å²) < 4.78 is 0. The van der Waals surface area contributed by atoms with Crippen molar-refractivity contribution in [1.82, 2.24) is 0 Å². The van der Waals surface area contributed by atoms with Crippen LogP contribution in [-0.2, 0) is 0 Å². The Morgan fingerprint density at radius 2 is 1.61 bits per heavy atom. The van der Waals surface area contributed by atoms with Crippen molar-refractivity contribution in [3.63, 3.8) is 0 Å². The maximum Gasteiger partial charge on any atom is 0.124 e. The third-order valence-electron chi connectivity index (χ3n) is 2.71. The van der Waals surface area contributed by atoms with E-state index in [4.69, 9.17) is 11.1 Å². The van der Waals surface area contributed by atoms with Crippen LogP contribution in [0.5, 0.6) is 0 Å². The van der Waals surface area contributed by atoms with E-state index < -0.39 is 0 Å². The second-order valence-electron chi connectivity index (χ2n) is 5.62. The number of para-hydroxylation sites is 1. The van der Waals surface area contributed by atoms with Gasteiger partial charge in [0.25, 0.3) is 0 Å². The number of nitrogen functional groups attached to an aromatic ring is 1. The van der Waals surface area contributed by atoms with Crippen molar-refractivity contribution in [1.29, 1.82) is 5.41 Å². The Morgan fingerprint density at radius 1 is 1.11 bits per heavy atom. The fourth-order valence-corrected chi connectivity index (χ4v) is 2.13. The highest BCUT2D eigenvalue weighted by Crippen LogP contribution is 2.22. The molecule has 0 aliphatic rings. The maximum absolute atomic E-state index is 7.69. The zero-order valence-electron chi connectivity index (χ0n) is 11.9. The first kappa shape index (κ1) is 14.6. The van der Waals surface area contributed by atoms with Gasteiger partial charge in [-0.1, -0.05) is 39.8 Å². The van der Waals surface area contributed by atoms with Gasteiger partial charge in [0.05, 0.1) is 0 Å². The van der Waals surface area contributed by atoms with E-state index in [2.05, 4.69) is 38.7 Å². The highest BCUT2D eigenvalue weighted by atomic mass is 15.1. The number of amidine groups is 1. The summed E-state index contributed by atoms with van der Waals surface area (Å²) in [5.41, 5.74) is 7.58. The van der Waals surface area contributed by atoms with Crippen LogP contribution in [0.4, 0.5) is 5.69 Å². The molecule has 0 saturated heterocycles. The molecule has 0 fully saturated rings. The molecule has 0 aliphatic heterocycles. The minimum atomic E-state index is 0.142. The predicted octanol–water partition coefficient (Wildman–Crippen LogP) is 3.09. The van der Waals surface area contributed by atoms with Gasteiger partial charge < -0.3 is 10.6 Å². The largest absolute Gasteiger partial charge is 0.384 e. The van der Waals surface area contributed by atoms with Crippen molar-refractivity contribution in [3.8, 4) is 0 Å². The molecule has 1 rings (SSSR count). The standard InChI is InChI=1S/C15H25N3/c1-11(2)9-18(10-12(3)4)14-8-6-5-7-13(14)15(16)17/h5-8,11-12H,9-10H2,1-4H3,(H3,16,17). The van der Waals surface area contributed by atoms with Crippen LogP contribution >= 0.6 is 0 Å². The lowest BCUT2D eigenvalue weighted by Gasteiger charge is -2.30. The molecule has 0 atom stereocenters. The fourth-order valence-electron chi connectivity index (χ4n) is 2.13. The van der Waals surface area contributed by atoms with Gasteiger partial charge in [0.15, 0.2) is 0 Å². The van der Waals surface area contributed by atoms with Gasteiger partial charge in [-0.05, 0) is 24.0 Å². The van der Waals surface area contributed by atoms with Crippen molar-refractivity contribution in [2.24, 2.45) is 17.6 Å². The summed E-state index contributed by atoms with van der Waals surface area (Å²) >= 11 is 0. The minimum absolute atomic E-state index is 0.142. The van der Waals surface area contributed by atoms with Crippen LogP contribution in [0.15, 0.2) is 24.3 Å². The molecule has 0 aromatic heterocycles. The first-order chi connectivity index (χ1) is 8.41. The van der Waals surface area contributed by atoms with Crippen molar-refractivity contribution >= 4 is 11.5 Å². The molecule has 3 N–H and O–H groups in total. The quantitative estimate of drug-likeness (QED) is 0.599. The molecule has 0 bridgehead atoms. The number of hydrogen-bond acceptors (Lipinski definition) is 2. The molecule has 100 valence electrons. The summed E-state index contributed by atoms with van der Waals surface area (Å²) in [6.07, 6.45) is 0. The van der Waals surface area contributed by atoms with Crippen LogP contribution in [0.25, 0.3) is 0 Å². The van der Waals surface area contributed by atoms with Crippen LogP contribution in [0.1, 0.15) is 33.3 Å². The Kier molecular flexibility index (Phi) is 5.20. The SMILES string of the molecule is CC(C)CN(CC(C)C)c1ccccc1C(=N)N. The molecule has 0 radical (unpaired) electrons. The van der Waals surface area contributed by atoms with Gasteiger partial charge in [-0.3, -0.25) is 5.41 Å². The second kappa shape index (κ2) is 6.43. The highest BCUT2D eigenvalue weighted by molar-refractivity contribution is 6.00. The van der Waals surface area contributed by atoms with Crippen LogP contribution in [0.2, 0.25) is 0 Å². The molecule has 18 heavy (non-hydrogen) atoms. The molecule has 1 aromatic rings. The Balaban J connectivity index is 3.07. The summed E-state index contributed by atoms with van der Waals surface area (Å²) in [5.74, 6) is 1.32. The lowest BCUT2D eigenvalue weighted by Crippen LogP contribution is -2.33. The Labute approximate surface area is 111 Å². The first-order valence-corrected chi connectivity index (χ1v) is 6.60. The number of hydrogen-bond donors (Lipinski definition) is 2. The average Bonchev–Trinajstić information content (AvgIpc) is 2.26. The van der Waals surface area contributed by atoms with Gasteiger partial charge in [0, 0.05) is 24.3 Å². The molecule has 0 aliphatic carbocycles. The van der Waals surface area contributed by atoms with E-state index in [-0.39, 0.29) is 5.84 Å². The number of rotatable bonds is 6.